The van der Waals surface area contributed by atoms with Gasteiger partial charge in [-0.1, -0.05) is 33.6 Å². The van der Waals surface area contributed by atoms with Gasteiger partial charge >= 0.3 is 0 Å². The number of halogens is 1. The van der Waals surface area contributed by atoms with Crippen LogP contribution in [0.4, 0.5) is 5.69 Å². The molecule has 0 atom stereocenters. The van der Waals surface area contributed by atoms with Crippen molar-refractivity contribution in [2.45, 2.75) is 11.8 Å². The van der Waals surface area contributed by atoms with Gasteiger partial charge < -0.3 is 5.32 Å². The number of anilines is 1. The zero-order chi connectivity index (χ0) is 16.2. The Labute approximate surface area is 137 Å². The van der Waals surface area contributed by atoms with Crippen LogP contribution in [0, 0.1) is 6.92 Å². The molecule has 0 radical (unpaired) electrons. The first-order chi connectivity index (χ1) is 10.4. The van der Waals surface area contributed by atoms with Gasteiger partial charge in [0.2, 0.25) is 15.9 Å². The van der Waals surface area contributed by atoms with E-state index < -0.39 is 15.9 Å². The van der Waals surface area contributed by atoms with Gasteiger partial charge in [-0.2, -0.15) is 0 Å². The number of hydrogen-bond acceptors (Lipinski definition) is 3. The molecule has 2 rings (SSSR count). The fraction of sp³-hybridized carbons (Fsp3) is 0.133. The highest BCUT2D eigenvalue weighted by Crippen LogP contribution is 2.14. The lowest BCUT2D eigenvalue weighted by molar-refractivity contribution is -0.115. The van der Waals surface area contributed by atoms with E-state index in [0.717, 1.165) is 10.0 Å². The average Bonchev–Trinajstić information content (AvgIpc) is 2.48. The first-order valence-corrected chi connectivity index (χ1v) is 8.76. The standard InChI is InChI=1S/C15H15BrN2O3S/c1-11-2-8-14(9-3-11)22(20,21)17-10-15(19)18-13-6-4-12(16)5-7-13/h2-9,17H,10H2,1H3,(H,18,19). The lowest BCUT2D eigenvalue weighted by Crippen LogP contribution is -2.32. The molecule has 0 unspecified atom stereocenters. The van der Waals surface area contributed by atoms with Crippen LogP contribution in [0.2, 0.25) is 0 Å². The Morgan fingerprint density at radius 1 is 1.05 bits per heavy atom. The van der Waals surface area contributed by atoms with Crippen molar-refractivity contribution in [2.24, 2.45) is 0 Å². The largest absolute Gasteiger partial charge is 0.325 e. The van der Waals surface area contributed by atoms with Crippen LogP contribution in [0.15, 0.2) is 57.9 Å². The van der Waals surface area contributed by atoms with E-state index in [4.69, 9.17) is 0 Å². The van der Waals surface area contributed by atoms with E-state index in [1.54, 1.807) is 36.4 Å². The van der Waals surface area contributed by atoms with Gasteiger partial charge in [0.15, 0.2) is 0 Å². The number of aryl methyl sites for hydroxylation is 1. The fourth-order valence-corrected chi connectivity index (χ4v) is 2.95. The summed E-state index contributed by atoms with van der Waals surface area (Å²) in [6.07, 6.45) is 0. The van der Waals surface area contributed by atoms with Crippen LogP contribution in [0.5, 0.6) is 0 Å². The fourth-order valence-electron chi connectivity index (χ4n) is 1.70. The average molecular weight is 383 g/mol. The SMILES string of the molecule is Cc1ccc(S(=O)(=O)NCC(=O)Nc2ccc(Br)cc2)cc1. The van der Waals surface area contributed by atoms with Gasteiger partial charge in [-0.3, -0.25) is 4.79 Å². The number of hydrogen-bond donors (Lipinski definition) is 2. The molecule has 2 aromatic carbocycles. The number of amides is 1. The molecule has 0 heterocycles. The molecule has 116 valence electrons. The lowest BCUT2D eigenvalue weighted by atomic mass is 10.2. The number of carbonyl (C=O) groups excluding carboxylic acids is 1. The van der Waals surface area contributed by atoms with Crippen molar-refractivity contribution in [3.63, 3.8) is 0 Å². The van der Waals surface area contributed by atoms with Gasteiger partial charge in [0, 0.05) is 10.2 Å². The molecule has 0 aliphatic rings. The van der Waals surface area contributed by atoms with Crippen molar-refractivity contribution in [3.8, 4) is 0 Å². The monoisotopic (exact) mass is 382 g/mol. The second-order valence-electron chi connectivity index (χ2n) is 4.69. The predicted molar refractivity (Wildman–Crippen MR) is 89.1 cm³/mol. The molecule has 0 fully saturated rings. The van der Waals surface area contributed by atoms with E-state index in [-0.39, 0.29) is 11.4 Å². The third-order valence-corrected chi connectivity index (χ3v) is 4.83. The van der Waals surface area contributed by atoms with E-state index in [9.17, 15) is 13.2 Å². The van der Waals surface area contributed by atoms with Crippen molar-refractivity contribution in [2.75, 3.05) is 11.9 Å². The number of carbonyl (C=O) groups is 1. The van der Waals surface area contributed by atoms with Gasteiger partial charge in [0.25, 0.3) is 0 Å². The molecule has 22 heavy (non-hydrogen) atoms. The molecule has 0 saturated heterocycles. The van der Waals surface area contributed by atoms with Crippen LogP contribution in [-0.2, 0) is 14.8 Å². The third kappa shape index (κ3) is 4.66. The minimum absolute atomic E-state index is 0.134. The number of rotatable bonds is 5. The molecule has 1 amide bonds. The van der Waals surface area contributed by atoms with Crippen molar-refractivity contribution in [1.82, 2.24) is 4.72 Å². The summed E-state index contributed by atoms with van der Waals surface area (Å²) in [5.74, 6) is -0.432. The first-order valence-electron chi connectivity index (χ1n) is 6.48. The molecule has 0 aliphatic carbocycles. The van der Waals surface area contributed by atoms with Crippen LogP contribution in [0.25, 0.3) is 0 Å². The molecule has 0 aromatic heterocycles. The lowest BCUT2D eigenvalue weighted by Gasteiger charge is -2.08. The van der Waals surface area contributed by atoms with Crippen molar-refractivity contribution >= 4 is 37.5 Å². The molecule has 2 aromatic rings. The van der Waals surface area contributed by atoms with Crippen molar-refractivity contribution in [1.29, 1.82) is 0 Å². The van der Waals surface area contributed by atoms with Gasteiger partial charge in [-0.15, -0.1) is 0 Å². The summed E-state index contributed by atoms with van der Waals surface area (Å²) in [7, 11) is -3.69. The zero-order valence-corrected chi connectivity index (χ0v) is 14.2. The molecule has 0 spiro atoms. The molecule has 0 saturated carbocycles. The topological polar surface area (TPSA) is 75.3 Å². The Morgan fingerprint density at radius 3 is 2.23 bits per heavy atom. The van der Waals surface area contributed by atoms with Crippen LogP contribution >= 0.6 is 15.9 Å². The molecular weight excluding hydrogens is 368 g/mol. The molecule has 5 nitrogen and oxygen atoms in total. The van der Waals surface area contributed by atoms with Gasteiger partial charge in [0.1, 0.15) is 0 Å². The van der Waals surface area contributed by atoms with Gasteiger partial charge in [0.05, 0.1) is 11.4 Å². The summed E-state index contributed by atoms with van der Waals surface area (Å²) in [6.45, 7) is 1.54. The van der Waals surface area contributed by atoms with Crippen LogP contribution < -0.4 is 10.0 Å². The Balaban J connectivity index is 1.95. The molecule has 7 heteroatoms. The Morgan fingerprint density at radius 2 is 1.64 bits per heavy atom. The minimum atomic E-state index is -3.69. The summed E-state index contributed by atoms with van der Waals surface area (Å²) >= 11 is 3.30. The Kier molecular flexibility index (Phi) is 5.33. The third-order valence-electron chi connectivity index (χ3n) is 2.88. The predicted octanol–water partition coefficient (Wildman–Crippen LogP) is 2.67. The summed E-state index contributed by atoms with van der Waals surface area (Å²) in [6, 6.07) is 13.4. The van der Waals surface area contributed by atoms with Gasteiger partial charge in [-0.05, 0) is 43.3 Å². The van der Waals surface area contributed by atoms with E-state index in [1.165, 1.54) is 12.1 Å². The van der Waals surface area contributed by atoms with Crippen LogP contribution in [-0.4, -0.2) is 20.9 Å². The minimum Gasteiger partial charge on any atom is -0.325 e. The van der Waals surface area contributed by atoms with E-state index in [1.807, 2.05) is 6.92 Å². The van der Waals surface area contributed by atoms with Crippen molar-refractivity contribution < 1.29 is 13.2 Å². The maximum atomic E-state index is 12.0. The maximum absolute atomic E-state index is 12.0. The van der Waals surface area contributed by atoms with Crippen LogP contribution in [0.1, 0.15) is 5.56 Å². The number of benzene rings is 2. The molecule has 0 aliphatic heterocycles. The zero-order valence-electron chi connectivity index (χ0n) is 11.8. The molecule has 2 N–H and O–H groups in total. The summed E-state index contributed by atoms with van der Waals surface area (Å²) < 4.78 is 27.3. The summed E-state index contributed by atoms with van der Waals surface area (Å²) in [5.41, 5.74) is 1.56. The summed E-state index contributed by atoms with van der Waals surface area (Å²) in [5, 5.41) is 2.62. The molecule has 0 bridgehead atoms. The number of nitrogens with one attached hydrogen (secondary N) is 2. The molecular formula is C15H15BrN2O3S. The van der Waals surface area contributed by atoms with E-state index in [2.05, 4.69) is 26.0 Å². The summed E-state index contributed by atoms with van der Waals surface area (Å²) in [4.78, 5) is 11.9. The van der Waals surface area contributed by atoms with Crippen molar-refractivity contribution in [3.05, 3.63) is 58.6 Å². The van der Waals surface area contributed by atoms with E-state index in [0.29, 0.717) is 5.69 Å². The maximum Gasteiger partial charge on any atom is 0.241 e. The van der Waals surface area contributed by atoms with Crippen LogP contribution in [0.3, 0.4) is 0 Å². The quantitative estimate of drug-likeness (QED) is 0.834. The number of sulfonamides is 1. The van der Waals surface area contributed by atoms with E-state index >= 15 is 0 Å². The second-order valence-corrected chi connectivity index (χ2v) is 7.38. The Hall–Kier alpha value is -1.70. The Bertz CT molecular complexity index is 756. The highest BCUT2D eigenvalue weighted by molar-refractivity contribution is 9.10. The highest BCUT2D eigenvalue weighted by atomic mass is 79.9. The highest BCUT2D eigenvalue weighted by Gasteiger charge is 2.15. The smallest absolute Gasteiger partial charge is 0.241 e. The normalized spacial score (nSPS) is 11.2. The second kappa shape index (κ2) is 7.04. The van der Waals surface area contributed by atoms with Gasteiger partial charge in [-0.25, -0.2) is 13.1 Å². The first kappa shape index (κ1) is 16.7.